The Morgan fingerprint density at radius 2 is 2.44 bits per heavy atom. The maximum atomic E-state index is 11.5. The number of carbonyl (C=O) groups is 1. The average Bonchev–Trinajstić information content (AvgIpc) is 2.80. The predicted octanol–water partition coefficient (Wildman–Crippen LogP) is 1.44. The molecule has 0 aromatic carbocycles. The van der Waals surface area contributed by atoms with Gasteiger partial charge in [0.1, 0.15) is 6.04 Å². The van der Waals surface area contributed by atoms with Gasteiger partial charge in [-0.15, -0.1) is 0 Å². The molecule has 1 N–H and O–H groups in total. The van der Waals surface area contributed by atoms with Crippen molar-refractivity contribution in [1.82, 2.24) is 10.3 Å². The van der Waals surface area contributed by atoms with Crippen molar-refractivity contribution in [3.8, 4) is 0 Å². The minimum atomic E-state index is -0.174. The van der Waals surface area contributed by atoms with Gasteiger partial charge in [-0.2, -0.15) is 0 Å². The van der Waals surface area contributed by atoms with E-state index in [0.717, 1.165) is 18.5 Å². The van der Waals surface area contributed by atoms with E-state index in [2.05, 4.69) is 10.3 Å². The molecular weight excluding hydrogens is 204 g/mol. The van der Waals surface area contributed by atoms with E-state index in [1.807, 2.05) is 25.1 Å². The Hall–Kier alpha value is -1.42. The van der Waals surface area contributed by atoms with Crippen LogP contribution in [0.2, 0.25) is 0 Å². The molecule has 1 aliphatic heterocycles. The molecule has 0 bridgehead atoms. The Bertz CT molecular complexity index is 353. The van der Waals surface area contributed by atoms with Crippen LogP contribution in [0, 0.1) is 0 Å². The Balaban J connectivity index is 1.96. The molecule has 0 unspecified atom stereocenters. The summed E-state index contributed by atoms with van der Waals surface area (Å²) in [6.45, 7) is 2.26. The molecule has 1 saturated heterocycles. The number of hydrogen-bond donors (Lipinski definition) is 1. The largest absolute Gasteiger partial charge is 0.465 e. The zero-order valence-corrected chi connectivity index (χ0v) is 9.35. The molecule has 1 aliphatic rings. The fourth-order valence-corrected chi connectivity index (χ4v) is 1.99. The van der Waals surface area contributed by atoms with Crippen LogP contribution in [0.3, 0.4) is 0 Å². The summed E-state index contributed by atoms with van der Waals surface area (Å²) < 4.78 is 4.99. The summed E-state index contributed by atoms with van der Waals surface area (Å²) in [5.41, 5.74) is 0.995. The van der Waals surface area contributed by atoms with Crippen LogP contribution < -0.4 is 5.32 Å². The van der Waals surface area contributed by atoms with Crippen molar-refractivity contribution in [2.24, 2.45) is 0 Å². The predicted molar refractivity (Wildman–Crippen MR) is 59.8 cm³/mol. The second-order valence-corrected chi connectivity index (χ2v) is 3.86. The normalized spacial score (nSPS) is 24.3. The summed E-state index contributed by atoms with van der Waals surface area (Å²) >= 11 is 0. The first-order valence-corrected chi connectivity index (χ1v) is 5.65. The highest BCUT2D eigenvalue weighted by Gasteiger charge is 2.31. The third-order valence-corrected chi connectivity index (χ3v) is 2.76. The second kappa shape index (κ2) is 5.07. The topological polar surface area (TPSA) is 51.2 Å². The third-order valence-electron chi connectivity index (χ3n) is 2.76. The molecule has 2 rings (SSSR count). The fourth-order valence-electron chi connectivity index (χ4n) is 1.99. The number of nitrogens with zero attached hydrogens (tertiary/aromatic N) is 1. The van der Waals surface area contributed by atoms with E-state index >= 15 is 0 Å². The molecule has 0 saturated carbocycles. The number of ether oxygens (including phenoxy) is 1. The molecule has 1 aromatic rings. The number of hydrogen-bond acceptors (Lipinski definition) is 4. The lowest BCUT2D eigenvalue weighted by molar-refractivity contribution is -0.145. The lowest BCUT2D eigenvalue weighted by atomic mass is 10.1. The SMILES string of the molecule is CCOC(=O)[C@@H]1CC[C@H](c2ccccn2)N1. The van der Waals surface area contributed by atoms with Crippen LogP contribution in [-0.2, 0) is 9.53 Å². The van der Waals surface area contributed by atoms with Crippen molar-refractivity contribution in [3.63, 3.8) is 0 Å². The highest BCUT2D eigenvalue weighted by atomic mass is 16.5. The van der Waals surface area contributed by atoms with Gasteiger partial charge in [0.25, 0.3) is 0 Å². The quantitative estimate of drug-likeness (QED) is 0.783. The van der Waals surface area contributed by atoms with Crippen molar-refractivity contribution in [3.05, 3.63) is 30.1 Å². The smallest absolute Gasteiger partial charge is 0.323 e. The molecule has 1 aromatic heterocycles. The van der Waals surface area contributed by atoms with Gasteiger partial charge >= 0.3 is 5.97 Å². The molecule has 1 fully saturated rings. The fraction of sp³-hybridized carbons (Fsp3) is 0.500. The molecule has 0 amide bonds. The van der Waals surface area contributed by atoms with Gasteiger partial charge in [0.2, 0.25) is 0 Å². The van der Waals surface area contributed by atoms with Crippen LogP contribution >= 0.6 is 0 Å². The first-order valence-electron chi connectivity index (χ1n) is 5.65. The van der Waals surface area contributed by atoms with Gasteiger partial charge in [0, 0.05) is 6.20 Å². The Morgan fingerprint density at radius 3 is 3.12 bits per heavy atom. The van der Waals surface area contributed by atoms with Gasteiger partial charge in [-0.1, -0.05) is 6.07 Å². The summed E-state index contributed by atoms with van der Waals surface area (Å²) in [7, 11) is 0. The van der Waals surface area contributed by atoms with E-state index < -0.39 is 0 Å². The lowest BCUT2D eigenvalue weighted by Crippen LogP contribution is -2.33. The number of rotatable bonds is 3. The van der Waals surface area contributed by atoms with Gasteiger partial charge in [-0.05, 0) is 31.9 Å². The monoisotopic (exact) mass is 220 g/mol. The number of pyridine rings is 1. The summed E-state index contributed by atoms with van der Waals surface area (Å²) in [5.74, 6) is -0.152. The van der Waals surface area contributed by atoms with Gasteiger partial charge in [-0.3, -0.25) is 15.1 Å². The second-order valence-electron chi connectivity index (χ2n) is 3.86. The standard InChI is InChI=1S/C12H16N2O2/c1-2-16-12(15)11-7-6-10(14-11)9-5-3-4-8-13-9/h3-5,8,10-11,14H,2,6-7H2,1H3/t10-,11+/m1/s1. The average molecular weight is 220 g/mol. The minimum Gasteiger partial charge on any atom is -0.465 e. The first kappa shape index (κ1) is 11.1. The highest BCUT2D eigenvalue weighted by molar-refractivity contribution is 5.76. The first-order chi connectivity index (χ1) is 7.81. The van der Waals surface area contributed by atoms with Crippen LogP contribution in [0.15, 0.2) is 24.4 Å². The van der Waals surface area contributed by atoms with Crippen LogP contribution in [0.1, 0.15) is 31.5 Å². The summed E-state index contributed by atoms with van der Waals surface area (Å²) in [4.78, 5) is 15.8. The van der Waals surface area contributed by atoms with Crippen molar-refractivity contribution in [2.75, 3.05) is 6.61 Å². The van der Waals surface area contributed by atoms with E-state index in [1.165, 1.54) is 0 Å². The molecule has 2 heterocycles. The van der Waals surface area contributed by atoms with Gasteiger partial charge in [0.15, 0.2) is 0 Å². The third kappa shape index (κ3) is 2.39. The van der Waals surface area contributed by atoms with Crippen molar-refractivity contribution < 1.29 is 9.53 Å². The number of aromatic nitrogens is 1. The zero-order chi connectivity index (χ0) is 11.4. The summed E-state index contributed by atoms with van der Waals surface area (Å²) in [6, 6.07) is 5.83. The van der Waals surface area contributed by atoms with E-state index in [0.29, 0.717) is 6.61 Å². The molecule has 2 atom stereocenters. The van der Waals surface area contributed by atoms with Gasteiger partial charge in [-0.25, -0.2) is 0 Å². The van der Waals surface area contributed by atoms with Crippen LogP contribution in [0.5, 0.6) is 0 Å². The molecule has 4 heteroatoms. The zero-order valence-electron chi connectivity index (χ0n) is 9.35. The number of nitrogens with one attached hydrogen (secondary N) is 1. The molecular formula is C12H16N2O2. The van der Waals surface area contributed by atoms with Crippen LogP contribution in [-0.4, -0.2) is 23.6 Å². The van der Waals surface area contributed by atoms with Crippen molar-refractivity contribution in [2.45, 2.75) is 31.8 Å². The van der Waals surface area contributed by atoms with Crippen molar-refractivity contribution >= 4 is 5.97 Å². The van der Waals surface area contributed by atoms with E-state index in [9.17, 15) is 4.79 Å². The number of carbonyl (C=O) groups excluding carboxylic acids is 1. The Labute approximate surface area is 95.0 Å². The van der Waals surface area contributed by atoms with E-state index in [1.54, 1.807) is 6.20 Å². The lowest BCUT2D eigenvalue weighted by Gasteiger charge is -2.12. The molecule has 0 aliphatic carbocycles. The molecule has 0 radical (unpaired) electrons. The van der Waals surface area contributed by atoms with Gasteiger partial charge in [0.05, 0.1) is 18.3 Å². The van der Waals surface area contributed by atoms with Crippen molar-refractivity contribution in [1.29, 1.82) is 0 Å². The minimum absolute atomic E-state index is 0.152. The summed E-state index contributed by atoms with van der Waals surface area (Å²) in [6.07, 6.45) is 3.52. The van der Waals surface area contributed by atoms with Gasteiger partial charge < -0.3 is 4.74 Å². The molecule has 0 spiro atoms. The molecule has 4 nitrogen and oxygen atoms in total. The van der Waals surface area contributed by atoms with E-state index in [-0.39, 0.29) is 18.1 Å². The van der Waals surface area contributed by atoms with Crippen LogP contribution in [0.4, 0.5) is 0 Å². The van der Waals surface area contributed by atoms with E-state index in [4.69, 9.17) is 4.74 Å². The Morgan fingerprint density at radius 1 is 1.56 bits per heavy atom. The molecule has 86 valence electrons. The maximum Gasteiger partial charge on any atom is 0.323 e. The summed E-state index contributed by atoms with van der Waals surface area (Å²) in [5, 5.41) is 3.25. The Kier molecular flexibility index (Phi) is 3.51. The maximum absolute atomic E-state index is 11.5. The highest BCUT2D eigenvalue weighted by Crippen LogP contribution is 2.25. The van der Waals surface area contributed by atoms with Crippen LogP contribution in [0.25, 0.3) is 0 Å². The number of esters is 1. The molecule has 16 heavy (non-hydrogen) atoms.